The molecular weight excluding hydrogens is 382 g/mol. The highest BCUT2D eigenvalue weighted by Crippen LogP contribution is 2.30. The number of carboxylic acid groups (broad SMARTS) is 1. The van der Waals surface area contributed by atoms with E-state index in [1.807, 2.05) is 38.1 Å². The number of benzene rings is 2. The van der Waals surface area contributed by atoms with Gasteiger partial charge in [0.1, 0.15) is 5.75 Å². The van der Waals surface area contributed by atoms with Gasteiger partial charge < -0.3 is 20.1 Å². The number of aromatic nitrogens is 2. The van der Waals surface area contributed by atoms with Crippen LogP contribution in [0.2, 0.25) is 5.02 Å². The van der Waals surface area contributed by atoms with Crippen molar-refractivity contribution >= 4 is 17.6 Å². The topological polar surface area (TPSA) is 108 Å². The summed E-state index contributed by atoms with van der Waals surface area (Å²) in [6.07, 6.45) is 0.0630. The maximum absolute atomic E-state index is 10.7. The van der Waals surface area contributed by atoms with Crippen LogP contribution >= 0.6 is 11.6 Å². The monoisotopic (exact) mass is 401 g/mol. The van der Waals surface area contributed by atoms with Crippen molar-refractivity contribution in [1.82, 2.24) is 15.5 Å². The number of nitrogens with zero attached hydrogens (tertiary/aromatic N) is 2. The lowest BCUT2D eigenvalue weighted by atomic mass is 9.93. The van der Waals surface area contributed by atoms with Crippen molar-refractivity contribution in [2.75, 3.05) is 6.54 Å². The molecule has 8 heteroatoms. The van der Waals surface area contributed by atoms with Crippen LogP contribution < -0.4 is 5.32 Å². The molecule has 3 N–H and O–H groups in total. The molecule has 0 atom stereocenters. The molecule has 0 bridgehead atoms. The molecule has 146 valence electrons. The van der Waals surface area contributed by atoms with Crippen molar-refractivity contribution in [1.29, 1.82) is 0 Å². The summed E-state index contributed by atoms with van der Waals surface area (Å²) in [4.78, 5) is 15.1. The molecule has 1 aromatic heterocycles. The predicted octanol–water partition coefficient (Wildman–Crippen LogP) is 4.06. The molecule has 3 aromatic rings. The first-order valence-corrected chi connectivity index (χ1v) is 9.04. The molecule has 28 heavy (non-hydrogen) atoms. The Labute approximate surface area is 167 Å². The smallest absolute Gasteiger partial charge is 0.304 e. The molecule has 0 fully saturated rings. The maximum Gasteiger partial charge on any atom is 0.304 e. The first-order chi connectivity index (χ1) is 13.3. The molecule has 0 aliphatic heterocycles. The fourth-order valence-corrected chi connectivity index (χ4v) is 2.90. The SMILES string of the molecule is CC(C)(NCCC(=O)O)c1ccc(-c2nc(-c3ccc(O)c(Cl)c3)no2)cc1. The number of hydrogen-bond donors (Lipinski definition) is 3. The number of carbonyl (C=O) groups is 1. The quantitative estimate of drug-likeness (QED) is 0.547. The Morgan fingerprint density at radius 3 is 2.50 bits per heavy atom. The van der Waals surface area contributed by atoms with Gasteiger partial charge in [0.05, 0.1) is 11.4 Å². The Balaban J connectivity index is 1.76. The molecule has 7 nitrogen and oxygen atoms in total. The van der Waals surface area contributed by atoms with Crippen molar-refractivity contribution < 1.29 is 19.5 Å². The van der Waals surface area contributed by atoms with Gasteiger partial charge in [-0.2, -0.15) is 4.98 Å². The minimum Gasteiger partial charge on any atom is -0.506 e. The van der Waals surface area contributed by atoms with E-state index >= 15 is 0 Å². The van der Waals surface area contributed by atoms with E-state index in [2.05, 4.69) is 15.5 Å². The van der Waals surface area contributed by atoms with Crippen LogP contribution in [-0.4, -0.2) is 32.9 Å². The predicted molar refractivity (Wildman–Crippen MR) is 105 cm³/mol. The number of nitrogens with one attached hydrogen (secondary N) is 1. The van der Waals surface area contributed by atoms with Crippen molar-refractivity contribution in [2.24, 2.45) is 0 Å². The van der Waals surface area contributed by atoms with Gasteiger partial charge in [-0.25, -0.2) is 0 Å². The van der Waals surface area contributed by atoms with E-state index in [4.69, 9.17) is 21.2 Å². The first-order valence-electron chi connectivity index (χ1n) is 8.66. The number of halogens is 1. The largest absolute Gasteiger partial charge is 0.506 e. The van der Waals surface area contributed by atoms with E-state index in [1.165, 1.54) is 6.07 Å². The zero-order chi connectivity index (χ0) is 20.3. The Morgan fingerprint density at radius 2 is 1.86 bits per heavy atom. The summed E-state index contributed by atoms with van der Waals surface area (Å²) < 4.78 is 5.34. The fourth-order valence-electron chi connectivity index (χ4n) is 2.72. The lowest BCUT2D eigenvalue weighted by Crippen LogP contribution is -2.37. The molecule has 0 radical (unpaired) electrons. The van der Waals surface area contributed by atoms with Gasteiger partial charge >= 0.3 is 5.97 Å². The highest BCUT2D eigenvalue weighted by molar-refractivity contribution is 6.32. The molecule has 0 aliphatic rings. The van der Waals surface area contributed by atoms with Crippen molar-refractivity contribution in [2.45, 2.75) is 25.8 Å². The van der Waals surface area contributed by atoms with Gasteiger partial charge in [0.25, 0.3) is 5.89 Å². The number of aromatic hydroxyl groups is 1. The minimum atomic E-state index is -0.833. The first kappa shape index (κ1) is 19.9. The van der Waals surface area contributed by atoms with Gasteiger partial charge in [0.2, 0.25) is 5.82 Å². The maximum atomic E-state index is 10.7. The van der Waals surface area contributed by atoms with E-state index in [0.717, 1.165) is 11.1 Å². The second-order valence-electron chi connectivity index (χ2n) is 6.86. The summed E-state index contributed by atoms with van der Waals surface area (Å²) in [5.74, 6) is -0.107. The highest BCUT2D eigenvalue weighted by Gasteiger charge is 2.20. The summed E-state index contributed by atoms with van der Waals surface area (Å²) >= 11 is 5.93. The highest BCUT2D eigenvalue weighted by atomic mass is 35.5. The van der Waals surface area contributed by atoms with Gasteiger partial charge in [0.15, 0.2) is 0 Å². The van der Waals surface area contributed by atoms with Gasteiger partial charge in [-0.15, -0.1) is 0 Å². The second kappa shape index (κ2) is 8.00. The lowest BCUT2D eigenvalue weighted by Gasteiger charge is -2.27. The third-order valence-corrected chi connectivity index (χ3v) is 4.69. The average molecular weight is 402 g/mol. The molecule has 0 saturated carbocycles. The van der Waals surface area contributed by atoms with Crippen LogP contribution in [0.5, 0.6) is 5.75 Å². The van der Waals surface area contributed by atoms with E-state index < -0.39 is 5.97 Å². The Morgan fingerprint density at radius 1 is 1.18 bits per heavy atom. The summed E-state index contributed by atoms with van der Waals surface area (Å²) in [7, 11) is 0. The van der Waals surface area contributed by atoms with Crippen LogP contribution in [0.3, 0.4) is 0 Å². The summed E-state index contributed by atoms with van der Waals surface area (Å²) in [5, 5.41) is 25.7. The molecule has 1 heterocycles. The molecule has 0 unspecified atom stereocenters. The van der Waals surface area contributed by atoms with Crippen LogP contribution in [0.4, 0.5) is 0 Å². The normalized spacial score (nSPS) is 11.5. The van der Waals surface area contributed by atoms with Crippen molar-refractivity contribution in [3.05, 3.63) is 53.1 Å². The van der Waals surface area contributed by atoms with Gasteiger partial charge in [0, 0.05) is 23.2 Å². The van der Waals surface area contributed by atoms with Gasteiger partial charge in [-0.3, -0.25) is 4.79 Å². The van der Waals surface area contributed by atoms with Crippen molar-refractivity contribution in [3.63, 3.8) is 0 Å². The number of rotatable bonds is 7. The molecule has 0 aliphatic carbocycles. The molecule has 0 saturated heterocycles. The van der Waals surface area contributed by atoms with Crippen LogP contribution in [0, 0.1) is 0 Å². The minimum absolute atomic E-state index is 0.00990. The number of carboxylic acids is 1. The second-order valence-corrected chi connectivity index (χ2v) is 7.27. The zero-order valence-corrected chi connectivity index (χ0v) is 16.2. The fraction of sp³-hybridized carbons (Fsp3) is 0.250. The lowest BCUT2D eigenvalue weighted by molar-refractivity contribution is -0.136. The van der Waals surface area contributed by atoms with E-state index in [9.17, 15) is 9.90 Å². The number of aliphatic carboxylic acids is 1. The number of hydrogen-bond acceptors (Lipinski definition) is 6. The van der Waals surface area contributed by atoms with E-state index in [-0.39, 0.29) is 22.7 Å². The number of phenolic OH excluding ortho intramolecular Hbond substituents is 1. The summed E-state index contributed by atoms with van der Waals surface area (Å²) in [6.45, 7) is 4.36. The van der Waals surface area contributed by atoms with Crippen LogP contribution in [0.15, 0.2) is 47.0 Å². The molecule has 2 aromatic carbocycles. The molecular formula is C20H20ClN3O4. The summed E-state index contributed by atoms with van der Waals surface area (Å²) in [5.41, 5.74) is 2.02. The standard InChI is InChI=1S/C20H20ClN3O4/c1-20(2,22-10-9-17(26)27)14-6-3-12(4-7-14)19-23-18(24-28-19)13-5-8-16(25)15(21)11-13/h3-8,11,22,25H,9-10H2,1-2H3,(H,26,27). The Bertz CT molecular complexity index is 983. The molecule has 0 spiro atoms. The third-order valence-electron chi connectivity index (χ3n) is 4.39. The Hall–Kier alpha value is -2.90. The molecule has 3 rings (SSSR count). The Kier molecular flexibility index (Phi) is 5.67. The van der Waals surface area contributed by atoms with Crippen molar-refractivity contribution in [3.8, 4) is 28.6 Å². The van der Waals surface area contributed by atoms with Gasteiger partial charge in [-0.1, -0.05) is 28.9 Å². The van der Waals surface area contributed by atoms with Gasteiger partial charge in [-0.05, 0) is 49.7 Å². The average Bonchev–Trinajstić information content (AvgIpc) is 3.14. The number of phenols is 1. The van der Waals surface area contributed by atoms with Crippen LogP contribution in [0.25, 0.3) is 22.8 Å². The molecule has 0 amide bonds. The van der Waals surface area contributed by atoms with E-state index in [0.29, 0.717) is 23.8 Å². The zero-order valence-electron chi connectivity index (χ0n) is 15.4. The van der Waals surface area contributed by atoms with E-state index in [1.54, 1.807) is 12.1 Å². The van der Waals surface area contributed by atoms with Crippen LogP contribution in [-0.2, 0) is 10.3 Å². The summed E-state index contributed by atoms with van der Waals surface area (Å²) in [6, 6.07) is 12.3. The third kappa shape index (κ3) is 4.49. The van der Waals surface area contributed by atoms with Crippen LogP contribution in [0.1, 0.15) is 25.8 Å².